The number of hydrogen-bond acceptors (Lipinski definition) is 4. The summed E-state index contributed by atoms with van der Waals surface area (Å²) < 4.78 is 42.7. The first-order valence-corrected chi connectivity index (χ1v) is 12.8. The average molecular weight is 492 g/mol. The highest BCUT2D eigenvalue weighted by atomic mass is 19.3. The van der Waals surface area contributed by atoms with Gasteiger partial charge in [-0.2, -0.15) is 0 Å². The van der Waals surface area contributed by atoms with Gasteiger partial charge in [-0.25, -0.2) is 13.2 Å². The number of alkyl halides is 2. The van der Waals surface area contributed by atoms with Crippen LogP contribution in [0.1, 0.15) is 85.7 Å². The highest BCUT2D eigenvalue weighted by Crippen LogP contribution is 2.36. The van der Waals surface area contributed by atoms with Crippen molar-refractivity contribution < 1.29 is 27.6 Å². The van der Waals surface area contributed by atoms with Crippen LogP contribution in [-0.2, 0) is 22.6 Å². The van der Waals surface area contributed by atoms with Crippen molar-refractivity contribution in [3.05, 3.63) is 34.6 Å². The summed E-state index contributed by atoms with van der Waals surface area (Å²) in [5.74, 6) is -4.02. The zero-order chi connectivity index (χ0) is 24.7. The van der Waals surface area contributed by atoms with Crippen LogP contribution in [0.15, 0.2) is 12.1 Å². The summed E-state index contributed by atoms with van der Waals surface area (Å²) in [6.07, 6.45) is 5.68. The van der Waals surface area contributed by atoms with Gasteiger partial charge in [-0.05, 0) is 56.1 Å². The minimum Gasteiger partial charge on any atom is -0.322 e. The molecule has 6 nitrogen and oxygen atoms in total. The SMILES string of the molecule is O=C1CCC(N2Cc3c(ccc(CC4CCCC[C@@H]4NC4CCC(F)(F)CC4)c3F)C2=O)C(=O)N1. The van der Waals surface area contributed by atoms with E-state index in [1.165, 1.54) is 4.90 Å². The van der Waals surface area contributed by atoms with E-state index in [0.29, 0.717) is 30.4 Å². The Kier molecular flexibility index (Phi) is 6.63. The van der Waals surface area contributed by atoms with Crippen molar-refractivity contribution in [3.8, 4) is 0 Å². The van der Waals surface area contributed by atoms with Crippen molar-refractivity contribution in [2.45, 2.75) is 101 Å². The second-order valence-corrected chi connectivity index (χ2v) is 10.6. The van der Waals surface area contributed by atoms with Gasteiger partial charge in [0.05, 0.1) is 6.54 Å². The van der Waals surface area contributed by atoms with Crippen LogP contribution >= 0.6 is 0 Å². The van der Waals surface area contributed by atoms with E-state index in [1.807, 2.05) is 0 Å². The first kappa shape index (κ1) is 24.3. The molecule has 3 amide bonds. The number of amides is 3. The van der Waals surface area contributed by atoms with Crippen molar-refractivity contribution in [2.24, 2.45) is 5.92 Å². The Morgan fingerprint density at radius 3 is 2.51 bits per heavy atom. The van der Waals surface area contributed by atoms with E-state index < -0.39 is 23.7 Å². The van der Waals surface area contributed by atoms with Crippen LogP contribution in [0.5, 0.6) is 0 Å². The third kappa shape index (κ3) is 4.97. The van der Waals surface area contributed by atoms with E-state index in [9.17, 15) is 23.2 Å². The molecule has 190 valence electrons. The molecule has 0 radical (unpaired) electrons. The second-order valence-electron chi connectivity index (χ2n) is 10.6. The number of imide groups is 1. The summed E-state index contributed by atoms with van der Waals surface area (Å²) >= 11 is 0. The predicted molar refractivity (Wildman–Crippen MR) is 122 cm³/mol. The minimum absolute atomic E-state index is 0.0166. The molecular formula is C26H32F3N3O3. The van der Waals surface area contributed by atoms with Crippen molar-refractivity contribution >= 4 is 17.7 Å². The van der Waals surface area contributed by atoms with Crippen molar-refractivity contribution in [1.29, 1.82) is 0 Å². The zero-order valence-electron chi connectivity index (χ0n) is 19.8. The Hall–Kier alpha value is -2.42. The van der Waals surface area contributed by atoms with Gasteiger partial charge in [-0.1, -0.05) is 18.9 Å². The lowest BCUT2D eigenvalue weighted by Crippen LogP contribution is -2.52. The Morgan fingerprint density at radius 2 is 1.77 bits per heavy atom. The summed E-state index contributed by atoms with van der Waals surface area (Å²) in [6, 6.07) is 2.79. The molecule has 0 bridgehead atoms. The normalized spacial score (nSPS) is 29.3. The maximum absolute atomic E-state index is 15.6. The molecule has 0 spiro atoms. The van der Waals surface area contributed by atoms with E-state index in [0.717, 1.165) is 25.7 Å². The van der Waals surface area contributed by atoms with E-state index in [4.69, 9.17) is 0 Å². The second kappa shape index (κ2) is 9.56. The topological polar surface area (TPSA) is 78.5 Å². The van der Waals surface area contributed by atoms with Crippen LogP contribution in [0.25, 0.3) is 0 Å². The molecule has 2 aliphatic carbocycles. The Morgan fingerprint density at radius 1 is 1.03 bits per heavy atom. The number of carbonyl (C=O) groups is 3. The van der Waals surface area contributed by atoms with Crippen LogP contribution in [0.4, 0.5) is 13.2 Å². The molecule has 2 unspecified atom stereocenters. The van der Waals surface area contributed by atoms with E-state index >= 15 is 4.39 Å². The number of nitrogens with zero attached hydrogens (tertiary/aromatic N) is 1. The third-order valence-corrected chi connectivity index (χ3v) is 8.29. The fourth-order valence-electron chi connectivity index (χ4n) is 6.27. The first-order chi connectivity index (χ1) is 16.7. The van der Waals surface area contributed by atoms with Crippen LogP contribution < -0.4 is 10.6 Å². The number of carbonyl (C=O) groups excluding carboxylic acids is 3. The van der Waals surface area contributed by atoms with E-state index in [1.54, 1.807) is 12.1 Å². The zero-order valence-corrected chi connectivity index (χ0v) is 19.8. The average Bonchev–Trinajstić information content (AvgIpc) is 3.15. The van der Waals surface area contributed by atoms with Crippen LogP contribution in [0.2, 0.25) is 0 Å². The molecule has 3 fully saturated rings. The van der Waals surface area contributed by atoms with Crippen LogP contribution in [0.3, 0.4) is 0 Å². The molecule has 35 heavy (non-hydrogen) atoms. The molecule has 2 heterocycles. The number of rotatable bonds is 5. The Balaban J connectivity index is 1.28. The molecule has 1 aromatic carbocycles. The number of piperidine rings is 1. The standard InChI is InChI=1S/C26H32F3N3O3/c27-23-16(13-15-3-1-2-4-20(15)30-17-9-11-26(28,29)12-10-17)5-6-18-19(23)14-32(25(18)35)21-7-8-22(33)31-24(21)34/h5-6,15,17,20-21,30H,1-4,7-14H2,(H,31,33,34)/t15?,20-,21?/m0/s1. The fraction of sp³-hybridized carbons (Fsp3) is 0.654. The molecule has 2 saturated carbocycles. The van der Waals surface area contributed by atoms with Gasteiger partial charge in [-0.3, -0.25) is 19.7 Å². The largest absolute Gasteiger partial charge is 0.322 e. The molecule has 2 N–H and O–H groups in total. The van der Waals surface area contributed by atoms with E-state index in [-0.39, 0.29) is 67.6 Å². The lowest BCUT2D eigenvalue weighted by Gasteiger charge is -2.38. The number of benzene rings is 1. The van der Waals surface area contributed by atoms with Gasteiger partial charge >= 0.3 is 0 Å². The highest BCUT2D eigenvalue weighted by Gasteiger charge is 2.41. The maximum Gasteiger partial charge on any atom is 0.255 e. The number of halogens is 3. The molecule has 3 atom stereocenters. The Bertz CT molecular complexity index is 1020. The van der Waals surface area contributed by atoms with Gasteiger partial charge in [0.1, 0.15) is 11.9 Å². The molecule has 1 aromatic rings. The number of fused-ring (bicyclic) bond motifs is 1. The van der Waals surface area contributed by atoms with Crippen LogP contribution in [0, 0.1) is 11.7 Å². The fourth-order valence-corrected chi connectivity index (χ4v) is 6.27. The molecule has 9 heteroatoms. The molecular weight excluding hydrogens is 459 g/mol. The highest BCUT2D eigenvalue weighted by molar-refractivity contribution is 6.05. The third-order valence-electron chi connectivity index (χ3n) is 8.29. The molecule has 1 saturated heterocycles. The summed E-state index contributed by atoms with van der Waals surface area (Å²) in [6.45, 7) is 0.0166. The van der Waals surface area contributed by atoms with Crippen molar-refractivity contribution in [1.82, 2.24) is 15.5 Å². The predicted octanol–water partition coefficient (Wildman–Crippen LogP) is 3.86. The van der Waals surface area contributed by atoms with Crippen LogP contribution in [-0.4, -0.2) is 46.7 Å². The lowest BCUT2D eigenvalue weighted by molar-refractivity contribution is -0.136. The van der Waals surface area contributed by atoms with Gasteiger partial charge < -0.3 is 10.2 Å². The van der Waals surface area contributed by atoms with E-state index in [2.05, 4.69) is 10.6 Å². The quantitative estimate of drug-likeness (QED) is 0.614. The van der Waals surface area contributed by atoms with Gasteiger partial charge in [-0.15, -0.1) is 0 Å². The number of hydrogen-bond donors (Lipinski definition) is 2. The maximum atomic E-state index is 15.6. The van der Waals surface area contributed by atoms with Crippen molar-refractivity contribution in [2.75, 3.05) is 0 Å². The minimum atomic E-state index is -2.56. The van der Waals surface area contributed by atoms with Gasteiger partial charge in [0, 0.05) is 42.5 Å². The molecule has 5 rings (SSSR count). The monoisotopic (exact) mass is 491 g/mol. The Labute approximate surface area is 203 Å². The summed E-state index contributed by atoms with van der Waals surface area (Å²) in [5, 5.41) is 5.88. The summed E-state index contributed by atoms with van der Waals surface area (Å²) in [7, 11) is 0. The van der Waals surface area contributed by atoms with Gasteiger partial charge in [0.15, 0.2) is 0 Å². The number of nitrogens with one attached hydrogen (secondary N) is 2. The van der Waals surface area contributed by atoms with Crippen molar-refractivity contribution in [3.63, 3.8) is 0 Å². The van der Waals surface area contributed by atoms with Gasteiger partial charge in [0.25, 0.3) is 5.91 Å². The van der Waals surface area contributed by atoms with Gasteiger partial charge in [0.2, 0.25) is 17.7 Å². The summed E-state index contributed by atoms with van der Waals surface area (Å²) in [5.41, 5.74) is 1.14. The molecule has 2 aliphatic heterocycles. The summed E-state index contributed by atoms with van der Waals surface area (Å²) in [4.78, 5) is 38.0. The molecule has 4 aliphatic rings. The first-order valence-electron chi connectivity index (χ1n) is 12.8. The molecule has 0 aromatic heterocycles. The smallest absolute Gasteiger partial charge is 0.255 e. The lowest BCUT2D eigenvalue weighted by atomic mass is 9.79.